The molecular formula is C58H39N3. The maximum Gasteiger partial charge on any atom is 0.160 e. The van der Waals surface area contributed by atoms with Gasteiger partial charge in [-0.3, -0.25) is 0 Å². The van der Waals surface area contributed by atoms with Crippen LogP contribution in [0.4, 0.5) is 0 Å². The van der Waals surface area contributed by atoms with Crippen LogP contribution in [0.5, 0.6) is 0 Å². The van der Waals surface area contributed by atoms with Gasteiger partial charge in [-0.15, -0.1) is 0 Å². The molecule has 2 heterocycles. The Bertz CT molecular complexity index is 3280. The molecule has 0 radical (unpaired) electrons. The summed E-state index contributed by atoms with van der Waals surface area (Å²) >= 11 is 0. The molecule has 0 fully saturated rings. The van der Waals surface area contributed by atoms with E-state index in [-0.39, 0.29) is 0 Å². The van der Waals surface area contributed by atoms with Crippen molar-refractivity contribution in [2.75, 3.05) is 0 Å². The highest BCUT2D eigenvalue weighted by Gasteiger charge is 2.21. The van der Waals surface area contributed by atoms with E-state index in [1.54, 1.807) is 0 Å². The molecule has 0 unspecified atom stereocenters. The van der Waals surface area contributed by atoms with Crippen LogP contribution in [0.15, 0.2) is 237 Å². The summed E-state index contributed by atoms with van der Waals surface area (Å²) in [5, 5.41) is 1.09. The molecule has 0 amide bonds. The lowest BCUT2D eigenvalue weighted by Crippen LogP contribution is -1.99. The molecule has 286 valence electrons. The summed E-state index contributed by atoms with van der Waals surface area (Å²) in [6, 6.07) is 84.1. The summed E-state index contributed by atoms with van der Waals surface area (Å²) in [4.78, 5) is 10.7. The Morgan fingerprint density at radius 2 is 0.656 bits per heavy atom. The van der Waals surface area contributed by atoms with E-state index in [9.17, 15) is 0 Å². The van der Waals surface area contributed by atoms with Crippen LogP contribution < -0.4 is 0 Å². The standard InChI is InChI=1S/C58H39N3/c1-5-18-40(19-6-1)49-37-50(41-20-7-2-8-21-41)39-51(38-49)47-28-16-26-45(35-47)43-24-15-25-44(34-43)46-27-17-29-48(36-46)58-59-55(42-22-9-3-10-23-42)57-56(60-58)53-32-13-14-33-54(53)61(57)52-30-11-4-12-31-52/h1-39H. The number of fused-ring (bicyclic) bond motifs is 3. The molecule has 0 aliphatic carbocycles. The molecule has 0 saturated heterocycles. The van der Waals surface area contributed by atoms with Crippen molar-refractivity contribution in [3.05, 3.63) is 237 Å². The summed E-state index contributed by atoms with van der Waals surface area (Å²) < 4.78 is 2.30. The second-order valence-electron chi connectivity index (χ2n) is 15.4. The molecule has 0 aliphatic rings. The third kappa shape index (κ3) is 6.88. The van der Waals surface area contributed by atoms with Gasteiger partial charge in [0.15, 0.2) is 5.82 Å². The minimum atomic E-state index is 0.695. The maximum atomic E-state index is 5.38. The van der Waals surface area contributed by atoms with Crippen LogP contribution in [-0.2, 0) is 0 Å². The van der Waals surface area contributed by atoms with E-state index in [1.807, 2.05) is 0 Å². The number of aromatic nitrogens is 3. The van der Waals surface area contributed by atoms with Gasteiger partial charge in [0, 0.05) is 22.2 Å². The zero-order chi connectivity index (χ0) is 40.5. The second kappa shape index (κ2) is 15.6. The maximum absolute atomic E-state index is 5.38. The van der Waals surface area contributed by atoms with Crippen LogP contribution in [0.25, 0.3) is 106 Å². The van der Waals surface area contributed by atoms with Gasteiger partial charge in [-0.1, -0.05) is 182 Å². The van der Waals surface area contributed by atoms with Gasteiger partial charge in [0.1, 0.15) is 5.52 Å². The van der Waals surface area contributed by atoms with Crippen molar-refractivity contribution in [3.8, 4) is 84.0 Å². The Kier molecular flexibility index (Phi) is 9.18. The van der Waals surface area contributed by atoms with Gasteiger partial charge in [0.05, 0.1) is 16.7 Å². The summed E-state index contributed by atoms with van der Waals surface area (Å²) in [5.41, 5.74) is 18.7. The van der Waals surface area contributed by atoms with E-state index in [1.165, 1.54) is 33.4 Å². The average Bonchev–Trinajstić information content (AvgIpc) is 3.69. The van der Waals surface area contributed by atoms with Crippen LogP contribution in [0.1, 0.15) is 0 Å². The van der Waals surface area contributed by atoms with E-state index in [4.69, 9.17) is 9.97 Å². The first-order chi connectivity index (χ1) is 30.2. The molecule has 11 rings (SSSR count). The molecule has 0 N–H and O–H groups in total. The van der Waals surface area contributed by atoms with Gasteiger partial charge >= 0.3 is 0 Å². The lowest BCUT2D eigenvalue weighted by molar-refractivity contribution is 1.15. The number of benzene rings is 9. The topological polar surface area (TPSA) is 30.7 Å². The van der Waals surface area contributed by atoms with Crippen LogP contribution in [0, 0.1) is 0 Å². The molecule has 0 saturated carbocycles. The first-order valence-electron chi connectivity index (χ1n) is 20.7. The third-order valence-corrected chi connectivity index (χ3v) is 11.6. The van der Waals surface area contributed by atoms with E-state index >= 15 is 0 Å². The van der Waals surface area contributed by atoms with Crippen molar-refractivity contribution in [3.63, 3.8) is 0 Å². The Hall–Kier alpha value is -8.14. The number of nitrogens with zero attached hydrogens (tertiary/aromatic N) is 3. The summed E-state index contributed by atoms with van der Waals surface area (Å²) in [5.74, 6) is 0.695. The molecule has 2 aromatic heterocycles. The highest BCUT2D eigenvalue weighted by atomic mass is 15.0. The van der Waals surface area contributed by atoms with Crippen LogP contribution >= 0.6 is 0 Å². The minimum Gasteiger partial charge on any atom is -0.306 e. The zero-order valence-corrected chi connectivity index (χ0v) is 33.4. The number of hydrogen-bond acceptors (Lipinski definition) is 2. The molecule has 0 bridgehead atoms. The van der Waals surface area contributed by atoms with Gasteiger partial charge < -0.3 is 4.57 Å². The monoisotopic (exact) mass is 777 g/mol. The zero-order valence-electron chi connectivity index (χ0n) is 33.4. The van der Waals surface area contributed by atoms with E-state index < -0.39 is 0 Å². The van der Waals surface area contributed by atoms with Gasteiger partial charge in [-0.25, -0.2) is 9.97 Å². The lowest BCUT2D eigenvalue weighted by Gasteiger charge is -2.13. The fraction of sp³-hybridized carbons (Fsp3) is 0. The quantitative estimate of drug-likeness (QED) is 0.154. The van der Waals surface area contributed by atoms with Gasteiger partial charge in [0.2, 0.25) is 0 Å². The van der Waals surface area contributed by atoms with Crippen molar-refractivity contribution in [1.82, 2.24) is 14.5 Å². The summed E-state index contributed by atoms with van der Waals surface area (Å²) in [6.45, 7) is 0. The molecule has 0 spiro atoms. The largest absolute Gasteiger partial charge is 0.306 e. The Morgan fingerprint density at radius 1 is 0.279 bits per heavy atom. The SMILES string of the molecule is c1ccc(-c2cc(-c3ccccc3)cc(-c3cccc(-c4cccc(-c5cccc(-c6nc(-c7ccccc7)c7c(n6)c6ccccc6n7-c6ccccc6)c5)c4)c3)c2)cc1. The molecule has 61 heavy (non-hydrogen) atoms. The number of hydrogen-bond donors (Lipinski definition) is 0. The lowest BCUT2D eigenvalue weighted by atomic mass is 9.91. The molecular weight excluding hydrogens is 739 g/mol. The fourth-order valence-electron chi connectivity index (χ4n) is 8.60. The van der Waals surface area contributed by atoms with Crippen LogP contribution in [0.2, 0.25) is 0 Å². The minimum absolute atomic E-state index is 0.695. The number of para-hydroxylation sites is 2. The number of rotatable bonds is 8. The Labute approximate surface area is 355 Å². The van der Waals surface area contributed by atoms with Crippen LogP contribution in [-0.4, -0.2) is 14.5 Å². The van der Waals surface area contributed by atoms with Gasteiger partial charge in [0.25, 0.3) is 0 Å². The van der Waals surface area contributed by atoms with Gasteiger partial charge in [-0.2, -0.15) is 0 Å². The highest BCUT2D eigenvalue weighted by Crippen LogP contribution is 2.39. The first-order valence-corrected chi connectivity index (χ1v) is 20.7. The molecule has 0 atom stereocenters. The van der Waals surface area contributed by atoms with E-state index in [2.05, 4.69) is 241 Å². The smallest absolute Gasteiger partial charge is 0.160 e. The van der Waals surface area contributed by atoms with Crippen LogP contribution in [0.3, 0.4) is 0 Å². The van der Waals surface area contributed by atoms with Crippen molar-refractivity contribution < 1.29 is 0 Å². The van der Waals surface area contributed by atoms with Crippen molar-refractivity contribution in [2.24, 2.45) is 0 Å². The fourth-order valence-corrected chi connectivity index (χ4v) is 8.60. The second-order valence-corrected chi connectivity index (χ2v) is 15.4. The Balaban J connectivity index is 0.995. The molecule has 3 heteroatoms. The predicted octanol–water partition coefficient (Wildman–Crippen LogP) is 15.2. The Morgan fingerprint density at radius 3 is 1.20 bits per heavy atom. The van der Waals surface area contributed by atoms with Gasteiger partial charge in [-0.05, 0) is 110 Å². The summed E-state index contributed by atoms with van der Waals surface area (Å²) in [7, 11) is 0. The van der Waals surface area contributed by atoms with E-state index in [0.29, 0.717) is 5.82 Å². The summed E-state index contributed by atoms with van der Waals surface area (Å²) in [6.07, 6.45) is 0. The first kappa shape index (κ1) is 36.0. The van der Waals surface area contributed by atoms with Crippen molar-refractivity contribution in [2.45, 2.75) is 0 Å². The molecule has 0 aliphatic heterocycles. The predicted molar refractivity (Wildman–Crippen MR) is 254 cm³/mol. The van der Waals surface area contributed by atoms with E-state index in [0.717, 1.165) is 66.7 Å². The average molecular weight is 778 g/mol. The molecule has 3 nitrogen and oxygen atoms in total. The third-order valence-electron chi connectivity index (χ3n) is 11.6. The van der Waals surface area contributed by atoms with Crippen molar-refractivity contribution in [1.29, 1.82) is 0 Å². The highest BCUT2D eigenvalue weighted by molar-refractivity contribution is 6.11. The van der Waals surface area contributed by atoms with Crippen molar-refractivity contribution >= 4 is 21.9 Å². The normalized spacial score (nSPS) is 11.3. The molecule has 11 aromatic rings. The molecule has 9 aromatic carbocycles.